The van der Waals surface area contributed by atoms with Gasteiger partial charge in [-0.15, -0.1) is 0 Å². The highest BCUT2D eigenvalue weighted by Gasteiger charge is 2.26. The van der Waals surface area contributed by atoms with E-state index in [0.717, 1.165) is 57.8 Å². The van der Waals surface area contributed by atoms with E-state index in [1.54, 1.807) is 0 Å². The summed E-state index contributed by atoms with van der Waals surface area (Å²) in [7, 11) is 0. The van der Waals surface area contributed by atoms with Crippen LogP contribution in [0.5, 0.6) is 0 Å². The van der Waals surface area contributed by atoms with Crippen LogP contribution in [0.2, 0.25) is 0 Å². The number of nitrogens with one attached hydrogen (secondary N) is 1. The van der Waals surface area contributed by atoms with Crippen molar-refractivity contribution >= 4 is 5.91 Å². The summed E-state index contributed by atoms with van der Waals surface area (Å²) in [6.45, 7) is 4.13. The zero-order valence-corrected chi connectivity index (χ0v) is 33.0. The van der Waals surface area contributed by atoms with Gasteiger partial charge in [-0.3, -0.25) is 4.79 Å². The fourth-order valence-electron chi connectivity index (χ4n) is 6.27. The van der Waals surface area contributed by atoms with Crippen molar-refractivity contribution in [2.75, 3.05) is 6.61 Å². The van der Waals surface area contributed by atoms with Crippen LogP contribution in [-0.2, 0) is 4.79 Å². The first-order chi connectivity index (χ1) is 24.6. The maximum Gasteiger partial charge on any atom is 0.220 e. The lowest BCUT2D eigenvalue weighted by Gasteiger charge is -2.26. The molecule has 0 bridgehead atoms. The molecule has 0 aromatic carbocycles. The minimum atomic E-state index is -1.17. The Bertz CT molecular complexity index is 820. The molecule has 292 valence electrons. The summed E-state index contributed by atoms with van der Waals surface area (Å²) in [5.74, 6) is -0.168. The maximum absolute atomic E-state index is 12.4. The molecule has 3 atom stereocenters. The molecule has 0 rings (SSSR count). The van der Waals surface area contributed by atoms with Crippen LogP contribution in [0.4, 0.5) is 0 Å². The molecule has 0 aliphatic heterocycles. The molecule has 3 unspecified atom stereocenters. The molecular weight excluding hydrogens is 618 g/mol. The van der Waals surface area contributed by atoms with Gasteiger partial charge < -0.3 is 20.6 Å². The van der Waals surface area contributed by atoms with Gasteiger partial charge in [0.1, 0.15) is 6.10 Å². The van der Waals surface area contributed by atoms with Crippen molar-refractivity contribution in [3.05, 3.63) is 48.6 Å². The Kier molecular flexibility index (Phi) is 38.7. The Labute approximate surface area is 310 Å². The molecule has 4 N–H and O–H groups in total. The zero-order chi connectivity index (χ0) is 36.6. The van der Waals surface area contributed by atoms with Gasteiger partial charge in [-0.1, -0.05) is 165 Å². The second-order valence-corrected chi connectivity index (χ2v) is 14.5. The molecule has 0 heterocycles. The van der Waals surface area contributed by atoms with Crippen LogP contribution < -0.4 is 5.32 Å². The van der Waals surface area contributed by atoms with Gasteiger partial charge in [0.05, 0.1) is 18.8 Å². The van der Waals surface area contributed by atoms with E-state index in [4.69, 9.17) is 0 Å². The lowest BCUT2D eigenvalue weighted by Crippen LogP contribution is -2.50. The highest BCUT2D eigenvalue weighted by atomic mass is 16.3. The molecule has 0 aliphatic rings. The first kappa shape index (κ1) is 48.3. The van der Waals surface area contributed by atoms with Crippen LogP contribution >= 0.6 is 0 Å². The monoisotopic (exact) mass is 702 g/mol. The number of aliphatic hydroxyl groups excluding tert-OH is 3. The van der Waals surface area contributed by atoms with E-state index < -0.39 is 18.2 Å². The van der Waals surface area contributed by atoms with E-state index in [1.807, 2.05) is 0 Å². The summed E-state index contributed by atoms with van der Waals surface area (Å²) in [6.07, 6.45) is 50.7. The third-order valence-electron chi connectivity index (χ3n) is 9.63. The first-order valence-corrected chi connectivity index (χ1v) is 21.4. The number of aliphatic hydroxyl groups is 3. The Morgan fingerprint density at radius 1 is 0.500 bits per heavy atom. The van der Waals surface area contributed by atoms with Crippen molar-refractivity contribution in [2.24, 2.45) is 0 Å². The molecule has 0 saturated heterocycles. The second kappa shape index (κ2) is 40.1. The van der Waals surface area contributed by atoms with E-state index in [2.05, 4.69) is 67.8 Å². The van der Waals surface area contributed by atoms with Gasteiger partial charge in [0, 0.05) is 6.42 Å². The Hall–Kier alpha value is -1.69. The van der Waals surface area contributed by atoms with Gasteiger partial charge in [-0.25, -0.2) is 0 Å². The Balaban J connectivity index is 3.70. The standard InChI is InChI=1S/C45H83NO4/c1-3-5-7-9-11-13-15-17-18-19-20-21-22-23-24-25-26-28-30-32-34-36-38-40-44(49)46-42(41-47)45(50)43(48)39-37-35-33-31-29-27-16-14-12-10-8-6-4-2/h14,16,20-21,23-24,31,33,42-43,45,47-48,50H,3-13,15,17-19,22,25-30,32,34-41H2,1-2H3,(H,46,49)/b16-14+,21-20-,24-23-,33-31+. The number of hydrogen-bond acceptors (Lipinski definition) is 4. The number of unbranched alkanes of at least 4 members (excludes halogenated alkanes) is 22. The molecule has 0 radical (unpaired) electrons. The van der Waals surface area contributed by atoms with Crippen molar-refractivity contribution < 1.29 is 20.1 Å². The molecule has 0 spiro atoms. The lowest BCUT2D eigenvalue weighted by atomic mass is 10.0. The van der Waals surface area contributed by atoms with Crippen molar-refractivity contribution in [1.29, 1.82) is 0 Å². The molecule has 50 heavy (non-hydrogen) atoms. The summed E-state index contributed by atoms with van der Waals surface area (Å²) < 4.78 is 0. The van der Waals surface area contributed by atoms with E-state index >= 15 is 0 Å². The fraction of sp³-hybridized carbons (Fsp3) is 0.800. The molecular formula is C45H83NO4. The van der Waals surface area contributed by atoms with Crippen LogP contribution in [-0.4, -0.2) is 46.1 Å². The van der Waals surface area contributed by atoms with Gasteiger partial charge in [0.25, 0.3) is 0 Å². The SMILES string of the molecule is CCCCCC/C=C/CC/C=C/CCCC(O)C(O)C(CO)NC(=O)CCCCCCCCC/C=C\C/C=C\CCCCCCCCCCC. The molecule has 0 saturated carbocycles. The highest BCUT2D eigenvalue weighted by molar-refractivity contribution is 5.76. The minimum absolute atomic E-state index is 0.168. The zero-order valence-electron chi connectivity index (χ0n) is 33.0. The van der Waals surface area contributed by atoms with Crippen molar-refractivity contribution in [1.82, 2.24) is 5.32 Å². The van der Waals surface area contributed by atoms with Gasteiger partial charge >= 0.3 is 0 Å². The quantitative estimate of drug-likeness (QED) is 0.0381. The summed E-state index contributed by atoms with van der Waals surface area (Å²) in [4.78, 5) is 12.4. The summed E-state index contributed by atoms with van der Waals surface area (Å²) in [5.41, 5.74) is 0. The number of carbonyl (C=O) groups is 1. The lowest BCUT2D eigenvalue weighted by molar-refractivity contribution is -0.124. The van der Waals surface area contributed by atoms with Gasteiger partial charge in [0.2, 0.25) is 5.91 Å². The maximum atomic E-state index is 12.4. The third kappa shape index (κ3) is 34.7. The number of carbonyl (C=O) groups excluding carboxylic acids is 1. The van der Waals surface area contributed by atoms with Crippen LogP contribution in [0.15, 0.2) is 48.6 Å². The van der Waals surface area contributed by atoms with E-state index in [1.165, 1.54) is 122 Å². The summed E-state index contributed by atoms with van der Waals surface area (Å²) >= 11 is 0. The normalized spacial score (nSPS) is 14.1. The molecule has 5 nitrogen and oxygen atoms in total. The van der Waals surface area contributed by atoms with Gasteiger partial charge in [-0.2, -0.15) is 0 Å². The Morgan fingerprint density at radius 2 is 0.880 bits per heavy atom. The number of rotatable bonds is 38. The second-order valence-electron chi connectivity index (χ2n) is 14.5. The molecule has 5 heteroatoms. The first-order valence-electron chi connectivity index (χ1n) is 21.4. The number of amides is 1. The predicted octanol–water partition coefficient (Wildman–Crippen LogP) is 12.2. The van der Waals surface area contributed by atoms with E-state index in [0.29, 0.717) is 12.8 Å². The summed E-state index contributed by atoms with van der Waals surface area (Å²) in [5, 5.41) is 33.4. The summed E-state index contributed by atoms with van der Waals surface area (Å²) in [6, 6.07) is -0.837. The van der Waals surface area contributed by atoms with Crippen LogP contribution in [0, 0.1) is 0 Å². The highest BCUT2D eigenvalue weighted by Crippen LogP contribution is 2.13. The van der Waals surface area contributed by atoms with Crippen LogP contribution in [0.25, 0.3) is 0 Å². The smallest absolute Gasteiger partial charge is 0.220 e. The fourth-order valence-corrected chi connectivity index (χ4v) is 6.27. The minimum Gasteiger partial charge on any atom is -0.394 e. The third-order valence-corrected chi connectivity index (χ3v) is 9.63. The topological polar surface area (TPSA) is 89.8 Å². The van der Waals surface area contributed by atoms with Crippen molar-refractivity contribution in [3.8, 4) is 0 Å². The Morgan fingerprint density at radius 3 is 1.36 bits per heavy atom. The molecule has 1 amide bonds. The average Bonchev–Trinajstić information content (AvgIpc) is 3.12. The van der Waals surface area contributed by atoms with Crippen molar-refractivity contribution in [3.63, 3.8) is 0 Å². The molecule has 0 aromatic heterocycles. The van der Waals surface area contributed by atoms with E-state index in [9.17, 15) is 20.1 Å². The molecule has 0 aliphatic carbocycles. The van der Waals surface area contributed by atoms with Crippen LogP contribution in [0.3, 0.4) is 0 Å². The van der Waals surface area contributed by atoms with Gasteiger partial charge in [-0.05, 0) is 83.5 Å². The number of hydrogen-bond donors (Lipinski definition) is 4. The van der Waals surface area contributed by atoms with E-state index in [-0.39, 0.29) is 12.5 Å². The molecule has 0 fully saturated rings. The van der Waals surface area contributed by atoms with Gasteiger partial charge in [0.15, 0.2) is 0 Å². The van der Waals surface area contributed by atoms with Crippen LogP contribution in [0.1, 0.15) is 206 Å². The number of allylic oxidation sites excluding steroid dienone is 8. The predicted molar refractivity (Wildman–Crippen MR) is 217 cm³/mol. The largest absolute Gasteiger partial charge is 0.394 e. The van der Waals surface area contributed by atoms with Crippen molar-refractivity contribution in [2.45, 2.75) is 225 Å². The molecule has 0 aromatic rings. The average molecular weight is 702 g/mol.